The van der Waals surface area contributed by atoms with E-state index in [0.29, 0.717) is 17.1 Å². The molecule has 4 nitrogen and oxygen atoms in total. The van der Waals surface area contributed by atoms with Crippen molar-refractivity contribution in [2.24, 2.45) is 0 Å². The summed E-state index contributed by atoms with van der Waals surface area (Å²) in [7, 11) is 0. The van der Waals surface area contributed by atoms with Gasteiger partial charge in [0.05, 0.1) is 18.0 Å². The lowest BCUT2D eigenvalue weighted by atomic mass is 10.1. The van der Waals surface area contributed by atoms with Crippen LogP contribution in [0.15, 0.2) is 36.7 Å². The lowest BCUT2D eigenvalue weighted by Crippen LogP contribution is -2.37. The number of aromatic nitrogens is 2. The van der Waals surface area contributed by atoms with E-state index in [0.717, 1.165) is 25.9 Å². The highest BCUT2D eigenvalue weighted by atomic mass is 19.1. The van der Waals surface area contributed by atoms with E-state index in [-0.39, 0.29) is 11.9 Å². The first-order valence-electron chi connectivity index (χ1n) is 6.77. The molecule has 1 aliphatic heterocycles. The van der Waals surface area contributed by atoms with Crippen LogP contribution in [0, 0.1) is 5.82 Å². The average Bonchev–Trinajstić information content (AvgIpc) is 2.50. The molecule has 1 saturated heterocycles. The molecule has 1 fully saturated rings. The third-order valence-corrected chi connectivity index (χ3v) is 3.30. The number of hydrogen-bond acceptors (Lipinski definition) is 4. The summed E-state index contributed by atoms with van der Waals surface area (Å²) < 4.78 is 19.4. The summed E-state index contributed by atoms with van der Waals surface area (Å²) in [5.41, 5.74) is 0.401. The molecule has 1 aliphatic rings. The van der Waals surface area contributed by atoms with Crippen LogP contribution >= 0.6 is 0 Å². The molecule has 2 aromatic rings. The molecule has 0 radical (unpaired) electrons. The Morgan fingerprint density at radius 3 is 2.70 bits per heavy atom. The van der Waals surface area contributed by atoms with E-state index < -0.39 is 0 Å². The van der Waals surface area contributed by atoms with Crippen molar-refractivity contribution in [2.75, 3.05) is 13.1 Å². The second kappa shape index (κ2) is 5.96. The van der Waals surface area contributed by atoms with Crippen LogP contribution in [-0.4, -0.2) is 29.2 Å². The Bertz CT molecular complexity index is 568. The maximum absolute atomic E-state index is 13.6. The molecule has 104 valence electrons. The number of rotatable bonds is 3. The predicted octanol–water partition coefficient (Wildman–Crippen LogP) is 2.41. The van der Waals surface area contributed by atoms with E-state index in [1.165, 1.54) is 6.07 Å². The van der Waals surface area contributed by atoms with Gasteiger partial charge in [0.15, 0.2) is 11.6 Å². The van der Waals surface area contributed by atoms with Crippen molar-refractivity contribution in [1.29, 1.82) is 0 Å². The zero-order valence-electron chi connectivity index (χ0n) is 11.1. The van der Waals surface area contributed by atoms with Crippen molar-refractivity contribution < 1.29 is 9.13 Å². The first-order valence-corrected chi connectivity index (χ1v) is 6.77. The highest BCUT2D eigenvalue weighted by Crippen LogP contribution is 2.20. The number of nitrogens with zero attached hydrogens (tertiary/aromatic N) is 2. The Hall–Kier alpha value is -2.01. The van der Waals surface area contributed by atoms with Gasteiger partial charge in [-0.25, -0.2) is 14.4 Å². The second-order valence-corrected chi connectivity index (χ2v) is 4.81. The Labute approximate surface area is 117 Å². The van der Waals surface area contributed by atoms with Crippen molar-refractivity contribution in [1.82, 2.24) is 15.3 Å². The standard InChI is InChI=1S/C15H16FN3O/c16-14-6-2-1-5-13(14)15-18-9-12(10-19-15)20-11-4-3-7-17-8-11/h1-2,5-6,9-11,17H,3-4,7-8H2. The maximum Gasteiger partial charge on any atom is 0.162 e. The van der Waals surface area contributed by atoms with Gasteiger partial charge >= 0.3 is 0 Å². The van der Waals surface area contributed by atoms with Crippen LogP contribution in [0.5, 0.6) is 5.75 Å². The summed E-state index contributed by atoms with van der Waals surface area (Å²) >= 11 is 0. The van der Waals surface area contributed by atoms with E-state index in [1.54, 1.807) is 30.6 Å². The lowest BCUT2D eigenvalue weighted by Gasteiger charge is -2.23. The Kier molecular flexibility index (Phi) is 3.87. The van der Waals surface area contributed by atoms with Crippen LogP contribution in [0.25, 0.3) is 11.4 Å². The molecule has 1 unspecified atom stereocenters. The molecular formula is C15H16FN3O. The van der Waals surface area contributed by atoms with Crippen LogP contribution in [-0.2, 0) is 0 Å². The fourth-order valence-corrected chi connectivity index (χ4v) is 2.27. The molecular weight excluding hydrogens is 257 g/mol. The van der Waals surface area contributed by atoms with Crippen molar-refractivity contribution in [2.45, 2.75) is 18.9 Å². The van der Waals surface area contributed by atoms with Gasteiger partial charge in [0.2, 0.25) is 0 Å². The molecule has 0 amide bonds. The van der Waals surface area contributed by atoms with Crippen LogP contribution in [0.4, 0.5) is 4.39 Å². The number of ether oxygens (including phenoxy) is 1. The fourth-order valence-electron chi connectivity index (χ4n) is 2.27. The summed E-state index contributed by atoms with van der Waals surface area (Å²) in [5.74, 6) is 0.675. The fraction of sp³-hybridized carbons (Fsp3) is 0.333. The lowest BCUT2D eigenvalue weighted by molar-refractivity contribution is 0.166. The highest BCUT2D eigenvalue weighted by molar-refractivity contribution is 5.55. The Balaban J connectivity index is 1.73. The molecule has 0 bridgehead atoms. The minimum absolute atomic E-state index is 0.159. The van der Waals surface area contributed by atoms with Crippen molar-refractivity contribution >= 4 is 0 Å². The van der Waals surface area contributed by atoms with Crippen LogP contribution in [0.3, 0.4) is 0 Å². The number of piperidine rings is 1. The Morgan fingerprint density at radius 1 is 1.20 bits per heavy atom. The van der Waals surface area contributed by atoms with Gasteiger partial charge < -0.3 is 10.1 Å². The molecule has 1 atom stereocenters. The molecule has 0 aliphatic carbocycles. The van der Waals surface area contributed by atoms with E-state index in [4.69, 9.17) is 4.74 Å². The van der Waals surface area contributed by atoms with E-state index in [9.17, 15) is 4.39 Å². The summed E-state index contributed by atoms with van der Waals surface area (Å²) in [6, 6.07) is 6.47. The SMILES string of the molecule is Fc1ccccc1-c1ncc(OC2CCCNC2)cn1. The number of halogens is 1. The Morgan fingerprint density at radius 2 is 2.00 bits per heavy atom. The first-order chi connectivity index (χ1) is 9.83. The summed E-state index contributed by atoms with van der Waals surface area (Å²) in [5, 5.41) is 3.28. The molecule has 1 aromatic carbocycles. The normalized spacial score (nSPS) is 18.8. The summed E-state index contributed by atoms with van der Waals surface area (Å²) in [6.45, 7) is 1.89. The second-order valence-electron chi connectivity index (χ2n) is 4.81. The molecule has 20 heavy (non-hydrogen) atoms. The highest BCUT2D eigenvalue weighted by Gasteiger charge is 2.15. The van der Waals surface area contributed by atoms with Crippen molar-refractivity contribution in [3.63, 3.8) is 0 Å². The largest absolute Gasteiger partial charge is 0.486 e. The zero-order valence-corrected chi connectivity index (χ0v) is 11.1. The molecule has 1 N–H and O–H groups in total. The van der Waals surface area contributed by atoms with Crippen LogP contribution < -0.4 is 10.1 Å². The van der Waals surface area contributed by atoms with Gasteiger partial charge in [0.1, 0.15) is 11.9 Å². The topological polar surface area (TPSA) is 47.0 Å². The van der Waals surface area contributed by atoms with Crippen molar-refractivity contribution in [3.05, 3.63) is 42.5 Å². The van der Waals surface area contributed by atoms with Crippen LogP contribution in [0.2, 0.25) is 0 Å². The van der Waals surface area contributed by atoms with E-state index in [1.807, 2.05) is 0 Å². The van der Waals surface area contributed by atoms with E-state index >= 15 is 0 Å². The van der Waals surface area contributed by atoms with Gasteiger partial charge in [-0.1, -0.05) is 12.1 Å². The zero-order chi connectivity index (χ0) is 13.8. The van der Waals surface area contributed by atoms with Gasteiger partial charge in [-0.3, -0.25) is 0 Å². The summed E-state index contributed by atoms with van der Waals surface area (Å²) in [6.07, 6.45) is 5.50. The van der Waals surface area contributed by atoms with Gasteiger partial charge in [-0.2, -0.15) is 0 Å². The number of nitrogens with one attached hydrogen (secondary N) is 1. The maximum atomic E-state index is 13.6. The molecule has 2 heterocycles. The quantitative estimate of drug-likeness (QED) is 0.933. The summed E-state index contributed by atoms with van der Waals surface area (Å²) in [4.78, 5) is 8.36. The first kappa shape index (κ1) is 13.0. The molecule has 5 heteroatoms. The molecule has 0 spiro atoms. The smallest absolute Gasteiger partial charge is 0.162 e. The third kappa shape index (κ3) is 2.93. The molecule has 0 saturated carbocycles. The molecule has 1 aromatic heterocycles. The van der Waals surface area contributed by atoms with Gasteiger partial charge in [-0.05, 0) is 31.5 Å². The van der Waals surface area contributed by atoms with Gasteiger partial charge in [-0.15, -0.1) is 0 Å². The number of hydrogen-bond donors (Lipinski definition) is 1. The van der Waals surface area contributed by atoms with Crippen LogP contribution in [0.1, 0.15) is 12.8 Å². The monoisotopic (exact) mass is 273 g/mol. The third-order valence-electron chi connectivity index (χ3n) is 3.30. The molecule has 3 rings (SSSR count). The minimum atomic E-state index is -0.322. The van der Waals surface area contributed by atoms with Crippen molar-refractivity contribution in [3.8, 4) is 17.1 Å². The number of benzene rings is 1. The average molecular weight is 273 g/mol. The minimum Gasteiger partial charge on any atom is -0.486 e. The predicted molar refractivity (Wildman–Crippen MR) is 73.9 cm³/mol. The van der Waals surface area contributed by atoms with Gasteiger partial charge in [0, 0.05) is 6.54 Å². The van der Waals surface area contributed by atoms with E-state index in [2.05, 4.69) is 15.3 Å². The van der Waals surface area contributed by atoms with Gasteiger partial charge in [0.25, 0.3) is 0 Å².